The van der Waals surface area contributed by atoms with Crippen LogP contribution in [0.15, 0.2) is 24.3 Å². The van der Waals surface area contributed by atoms with Gasteiger partial charge in [0.25, 0.3) is 0 Å². The van der Waals surface area contributed by atoms with Crippen molar-refractivity contribution in [3.63, 3.8) is 0 Å². The Morgan fingerprint density at radius 2 is 1.71 bits per heavy atom. The Bertz CT molecular complexity index is 538. The lowest BCUT2D eigenvalue weighted by Crippen LogP contribution is -2.69. The number of hydrogen-bond donors (Lipinski definition) is 1. The number of anilines is 1. The molecule has 0 saturated carbocycles. The Kier molecular flexibility index (Phi) is 3.98. The quantitative estimate of drug-likeness (QED) is 0.901. The van der Waals surface area contributed by atoms with Gasteiger partial charge in [0.15, 0.2) is 0 Å². The third kappa shape index (κ3) is 2.87. The highest BCUT2D eigenvalue weighted by Gasteiger charge is 2.51. The summed E-state index contributed by atoms with van der Waals surface area (Å²) in [5.41, 5.74) is -0.993. The highest BCUT2D eigenvalue weighted by molar-refractivity contribution is 6.30. The number of benzene rings is 1. The highest BCUT2D eigenvalue weighted by atomic mass is 35.5. The van der Waals surface area contributed by atoms with Gasteiger partial charge >= 0.3 is 6.03 Å². The second kappa shape index (κ2) is 5.18. The summed E-state index contributed by atoms with van der Waals surface area (Å²) in [5.74, 6) is 0. The summed E-state index contributed by atoms with van der Waals surface area (Å²) in [6.45, 7) is 9.62. The van der Waals surface area contributed by atoms with Gasteiger partial charge in [-0.2, -0.15) is 0 Å². The van der Waals surface area contributed by atoms with E-state index in [0.29, 0.717) is 17.1 Å². The molecule has 0 aliphatic carbocycles. The van der Waals surface area contributed by atoms with Gasteiger partial charge in [-0.15, -0.1) is 0 Å². The molecule has 0 radical (unpaired) electrons. The van der Waals surface area contributed by atoms with Crippen LogP contribution in [0.2, 0.25) is 5.02 Å². The third-order valence-corrected chi connectivity index (χ3v) is 4.15. The van der Waals surface area contributed by atoms with E-state index < -0.39 is 11.3 Å². The maximum Gasteiger partial charge on any atom is 0.327 e. The molecule has 4 nitrogen and oxygen atoms in total. The summed E-state index contributed by atoms with van der Waals surface area (Å²) in [4.78, 5) is 16.2. The minimum atomic E-state index is -1.24. The third-order valence-electron chi connectivity index (χ3n) is 3.90. The molecule has 0 bridgehead atoms. The van der Waals surface area contributed by atoms with Crippen LogP contribution >= 0.6 is 11.6 Å². The van der Waals surface area contributed by atoms with Gasteiger partial charge in [-0.3, -0.25) is 4.90 Å². The number of halogens is 1. The summed E-state index contributed by atoms with van der Waals surface area (Å²) >= 11 is 5.91. The minimum Gasteiger partial charge on any atom is -0.371 e. The van der Waals surface area contributed by atoms with Crippen LogP contribution in [-0.4, -0.2) is 33.3 Å². The Morgan fingerprint density at radius 1 is 1.19 bits per heavy atom. The van der Waals surface area contributed by atoms with Crippen LogP contribution < -0.4 is 4.90 Å². The van der Waals surface area contributed by atoms with E-state index in [1.54, 1.807) is 31.2 Å². The van der Waals surface area contributed by atoms with Gasteiger partial charge in [0.1, 0.15) is 5.72 Å². The van der Waals surface area contributed by atoms with Crippen molar-refractivity contribution in [3.05, 3.63) is 29.3 Å². The standard InChI is InChI=1S/C16H23ClN2O2/c1-11(2)18-14(20)19(13-8-6-12(17)7-9-13)16(5,21)10-15(18,3)4/h6-9,11,21H,10H2,1-5H3/t16-/m1/s1. The zero-order chi connectivity index (χ0) is 16.0. The molecule has 5 heteroatoms. The molecule has 0 aromatic heterocycles. The Hall–Kier alpha value is -1.26. The van der Waals surface area contributed by atoms with Gasteiger partial charge in [0, 0.05) is 28.7 Å². The van der Waals surface area contributed by atoms with Crippen LogP contribution in [0.5, 0.6) is 0 Å². The van der Waals surface area contributed by atoms with Crippen molar-refractivity contribution in [1.82, 2.24) is 4.90 Å². The van der Waals surface area contributed by atoms with E-state index in [1.807, 2.05) is 32.6 Å². The fourth-order valence-electron chi connectivity index (χ4n) is 3.46. The first-order valence-electron chi connectivity index (χ1n) is 7.18. The lowest BCUT2D eigenvalue weighted by atomic mass is 9.86. The summed E-state index contributed by atoms with van der Waals surface area (Å²) in [5, 5.41) is 11.4. The van der Waals surface area contributed by atoms with Crippen LogP contribution in [-0.2, 0) is 0 Å². The summed E-state index contributed by atoms with van der Waals surface area (Å²) in [6.07, 6.45) is 0.465. The average Bonchev–Trinajstić information content (AvgIpc) is 2.27. The highest BCUT2D eigenvalue weighted by Crippen LogP contribution is 2.39. The molecule has 1 heterocycles. The normalized spacial score (nSPS) is 25.6. The summed E-state index contributed by atoms with van der Waals surface area (Å²) < 4.78 is 0. The van der Waals surface area contributed by atoms with Crippen molar-refractivity contribution in [2.24, 2.45) is 0 Å². The van der Waals surface area contributed by atoms with Crippen LogP contribution in [0.25, 0.3) is 0 Å². The lowest BCUT2D eigenvalue weighted by molar-refractivity contribution is -0.0334. The van der Waals surface area contributed by atoms with Crippen LogP contribution in [0.4, 0.5) is 10.5 Å². The van der Waals surface area contributed by atoms with Crippen molar-refractivity contribution in [3.8, 4) is 0 Å². The number of hydrogen-bond acceptors (Lipinski definition) is 2. The van der Waals surface area contributed by atoms with Crippen molar-refractivity contribution in [2.45, 2.75) is 58.3 Å². The molecule has 1 aliphatic heterocycles. The van der Waals surface area contributed by atoms with Gasteiger partial charge in [-0.05, 0) is 58.9 Å². The van der Waals surface area contributed by atoms with E-state index in [4.69, 9.17) is 11.6 Å². The SMILES string of the molecule is CC(C)N1C(=O)N(c2ccc(Cl)cc2)[C@](C)(O)CC1(C)C. The van der Waals surface area contributed by atoms with Crippen molar-refractivity contribution >= 4 is 23.3 Å². The zero-order valence-corrected chi connectivity index (χ0v) is 14.0. The molecule has 0 spiro atoms. The number of rotatable bonds is 2. The van der Waals surface area contributed by atoms with Crippen LogP contribution in [0.3, 0.4) is 0 Å². The predicted molar refractivity (Wildman–Crippen MR) is 85.6 cm³/mol. The van der Waals surface area contributed by atoms with Crippen LogP contribution in [0, 0.1) is 0 Å². The zero-order valence-electron chi connectivity index (χ0n) is 13.2. The van der Waals surface area contributed by atoms with Crippen molar-refractivity contribution < 1.29 is 9.90 Å². The molecule has 1 fully saturated rings. The monoisotopic (exact) mass is 310 g/mol. The molecular weight excluding hydrogens is 288 g/mol. The van der Waals surface area contributed by atoms with Crippen molar-refractivity contribution in [1.29, 1.82) is 0 Å². The van der Waals surface area contributed by atoms with Gasteiger partial charge in [0.05, 0.1) is 0 Å². The largest absolute Gasteiger partial charge is 0.371 e. The number of nitrogens with zero attached hydrogens (tertiary/aromatic N) is 2. The summed E-state index contributed by atoms with van der Waals surface area (Å²) in [6, 6.07) is 6.82. The Morgan fingerprint density at radius 3 is 2.19 bits per heavy atom. The predicted octanol–water partition coefficient (Wildman–Crippen LogP) is 3.87. The topological polar surface area (TPSA) is 43.8 Å². The fourth-order valence-corrected chi connectivity index (χ4v) is 3.58. The molecule has 2 rings (SSSR count). The number of urea groups is 1. The summed E-state index contributed by atoms with van der Waals surface area (Å²) in [7, 11) is 0. The molecule has 1 atom stereocenters. The number of aliphatic hydroxyl groups is 1. The maximum absolute atomic E-state index is 12.9. The Balaban J connectivity index is 2.48. The van der Waals surface area contributed by atoms with Gasteiger partial charge < -0.3 is 10.0 Å². The maximum atomic E-state index is 12.9. The average molecular weight is 311 g/mol. The first kappa shape index (κ1) is 16.1. The first-order chi connectivity index (χ1) is 9.56. The molecule has 21 heavy (non-hydrogen) atoms. The van der Waals surface area contributed by atoms with Gasteiger partial charge in [-0.25, -0.2) is 4.79 Å². The number of carbonyl (C=O) groups is 1. The van der Waals surface area contributed by atoms with Gasteiger partial charge in [0.2, 0.25) is 0 Å². The number of amides is 2. The Labute approximate surface area is 131 Å². The van der Waals surface area contributed by atoms with Gasteiger partial charge in [-0.1, -0.05) is 11.6 Å². The molecule has 2 amide bonds. The van der Waals surface area contributed by atoms with E-state index >= 15 is 0 Å². The smallest absolute Gasteiger partial charge is 0.327 e. The van der Waals surface area contributed by atoms with E-state index in [2.05, 4.69) is 0 Å². The first-order valence-corrected chi connectivity index (χ1v) is 7.55. The van der Waals surface area contributed by atoms with Crippen LogP contribution in [0.1, 0.15) is 41.0 Å². The van der Waals surface area contributed by atoms with Crippen molar-refractivity contribution in [2.75, 3.05) is 4.90 Å². The molecule has 1 aromatic carbocycles. The molecular formula is C16H23ClN2O2. The number of carbonyl (C=O) groups excluding carboxylic acids is 1. The molecule has 1 aromatic rings. The second-order valence-electron chi connectivity index (χ2n) is 6.76. The molecule has 1 saturated heterocycles. The van der Waals surface area contributed by atoms with E-state index in [-0.39, 0.29) is 12.1 Å². The fraction of sp³-hybridized carbons (Fsp3) is 0.562. The van der Waals surface area contributed by atoms with E-state index in [0.717, 1.165) is 0 Å². The molecule has 1 aliphatic rings. The second-order valence-corrected chi connectivity index (χ2v) is 7.20. The molecule has 0 unspecified atom stereocenters. The lowest BCUT2D eigenvalue weighted by Gasteiger charge is -2.55. The van der Waals surface area contributed by atoms with E-state index in [9.17, 15) is 9.90 Å². The molecule has 116 valence electrons. The van der Waals surface area contributed by atoms with E-state index in [1.165, 1.54) is 4.90 Å². The molecule has 1 N–H and O–H groups in total. The minimum absolute atomic E-state index is 0.0541.